The molecule has 0 heterocycles. The lowest BCUT2D eigenvalue weighted by atomic mass is 9.89. The molecule has 0 radical (unpaired) electrons. The van der Waals surface area contributed by atoms with Gasteiger partial charge in [-0.1, -0.05) is 35.3 Å². The maximum atomic E-state index is 6.34. The van der Waals surface area contributed by atoms with E-state index in [1.807, 2.05) is 7.05 Å². The number of nitrogens with two attached hydrogens (primary N) is 1. The second-order valence-electron chi connectivity index (χ2n) is 4.25. The predicted molar refractivity (Wildman–Crippen MR) is 73.5 cm³/mol. The molecular weight excluding hydrogens is 264 g/mol. The van der Waals surface area contributed by atoms with Gasteiger partial charge in [-0.25, -0.2) is 0 Å². The molecule has 2 unspecified atom stereocenters. The van der Waals surface area contributed by atoms with E-state index in [-0.39, 0.29) is 6.04 Å². The molecule has 2 atom stereocenters. The van der Waals surface area contributed by atoms with Gasteiger partial charge in [0.25, 0.3) is 0 Å². The topological polar surface area (TPSA) is 38.0 Å². The summed E-state index contributed by atoms with van der Waals surface area (Å²) >= 11 is 3.50. The summed E-state index contributed by atoms with van der Waals surface area (Å²) in [7, 11) is 1.98. The van der Waals surface area contributed by atoms with Gasteiger partial charge in [0.1, 0.15) is 0 Å². The fourth-order valence-electron chi connectivity index (χ4n) is 2.01. The molecule has 0 spiro atoms. The standard InChI is InChI=1S/C13H21BrN2/c1-4-10(8-16-3)13(15)12-7-11(14)6-5-9(12)2/h5-7,10,13,16H,4,8,15H2,1-3H3. The van der Waals surface area contributed by atoms with E-state index in [0.717, 1.165) is 17.4 Å². The molecule has 0 aliphatic carbocycles. The van der Waals surface area contributed by atoms with Gasteiger partial charge in [-0.05, 0) is 49.7 Å². The number of aryl methyl sites for hydroxylation is 1. The number of hydrogen-bond donors (Lipinski definition) is 2. The molecule has 0 bridgehead atoms. The second-order valence-corrected chi connectivity index (χ2v) is 5.17. The van der Waals surface area contributed by atoms with Crippen LogP contribution in [-0.4, -0.2) is 13.6 Å². The van der Waals surface area contributed by atoms with Crippen molar-refractivity contribution in [3.63, 3.8) is 0 Å². The van der Waals surface area contributed by atoms with Gasteiger partial charge in [-0.15, -0.1) is 0 Å². The van der Waals surface area contributed by atoms with Gasteiger partial charge in [0.2, 0.25) is 0 Å². The largest absolute Gasteiger partial charge is 0.324 e. The van der Waals surface area contributed by atoms with Gasteiger partial charge in [-0.3, -0.25) is 0 Å². The van der Waals surface area contributed by atoms with Crippen molar-refractivity contribution in [1.29, 1.82) is 0 Å². The van der Waals surface area contributed by atoms with Gasteiger partial charge in [-0.2, -0.15) is 0 Å². The van der Waals surface area contributed by atoms with Crippen molar-refractivity contribution in [3.05, 3.63) is 33.8 Å². The van der Waals surface area contributed by atoms with Gasteiger partial charge in [0.15, 0.2) is 0 Å². The molecule has 2 nitrogen and oxygen atoms in total. The van der Waals surface area contributed by atoms with Crippen molar-refractivity contribution >= 4 is 15.9 Å². The number of nitrogens with one attached hydrogen (secondary N) is 1. The van der Waals surface area contributed by atoms with E-state index in [0.29, 0.717) is 5.92 Å². The van der Waals surface area contributed by atoms with Crippen molar-refractivity contribution in [1.82, 2.24) is 5.32 Å². The zero-order valence-corrected chi connectivity index (χ0v) is 11.8. The zero-order chi connectivity index (χ0) is 12.1. The quantitative estimate of drug-likeness (QED) is 0.872. The van der Waals surface area contributed by atoms with Crippen LogP contribution in [0.4, 0.5) is 0 Å². The smallest absolute Gasteiger partial charge is 0.0338 e. The normalized spacial score (nSPS) is 14.8. The van der Waals surface area contributed by atoms with Crippen LogP contribution in [0.15, 0.2) is 22.7 Å². The Morgan fingerprint density at radius 1 is 1.44 bits per heavy atom. The van der Waals surface area contributed by atoms with Crippen LogP contribution < -0.4 is 11.1 Å². The molecular formula is C13H21BrN2. The highest BCUT2D eigenvalue weighted by Crippen LogP contribution is 2.27. The van der Waals surface area contributed by atoms with Gasteiger partial charge in [0, 0.05) is 10.5 Å². The highest BCUT2D eigenvalue weighted by molar-refractivity contribution is 9.10. The lowest BCUT2D eigenvalue weighted by Crippen LogP contribution is -2.29. The van der Waals surface area contributed by atoms with E-state index < -0.39 is 0 Å². The first-order valence-corrected chi connectivity index (χ1v) is 6.55. The molecule has 0 amide bonds. The van der Waals surface area contributed by atoms with Crippen LogP contribution in [0.25, 0.3) is 0 Å². The van der Waals surface area contributed by atoms with Crippen molar-refractivity contribution in [2.45, 2.75) is 26.3 Å². The van der Waals surface area contributed by atoms with E-state index >= 15 is 0 Å². The molecule has 0 aliphatic rings. The lowest BCUT2D eigenvalue weighted by molar-refractivity contribution is 0.402. The molecule has 0 aromatic heterocycles. The van der Waals surface area contributed by atoms with Crippen LogP contribution in [0, 0.1) is 12.8 Å². The molecule has 0 fully saturated rings. The Balaban J connectivity index is 2.93. The monoisotopic (exact) mass is 284 g/mol. The van der Waals surface area contributed by atoms with E-state index in [9.17, 15) is 0 Å². The number of rotatable bonds is 5. The molecule has 90 valence electrons. The molecule has 1 rings (SSSR count). The average Bonchev–Trinajstić information content (AvgIpc) is 2.28. The Morgan fingerprint density at radius 2 is 2.12 bits per heavy atom. The molecule has 0 saturated carbocycles. The van der Waals surface area contributed by atoms with Gasteiger partial charge < -0.3 is 11.1 Å². The van der Waals surface area contributed by atoms with Crippen molar-refractivity contribution in [2.24, 2.45) is 11.7 Å². The summed E-state index contributed by atoms with van der Waals surface area (Å²) in [6.45, 7) is 5.27. The number of hydrogen-bond acceptors (Lipinski definition) is 2. The number of halogens is 1. The zero-order valence-electron chi connectivity index (χ0n) is 10.3. The van der Waals surface area contributed by atoms with Gasteiger partial charge >= 0.3 is 0 Å². The SMILES string of the molecule is CCC(CNC)C(N)c1cc(Br)ccc1C. The maximum Gasteiger partial charge on any atom is 0.0338 e. The fraction of sp³-hybridized carbons (Fsp3) is 0.538. The summed E-state index contributed by atoms with van der Waals surface area (Å²) in [4.78, 5) is 0. The fourth-order valence-corrected chi connectivity index (χ4v) is 2.39. The first-order chi connectivity index (χ1) is 7.60. The van der Waals surface area contributed by atoms with E-state index in [2.05, 4.69) is 53.3 Å². The second kappa shape index (κ2) is 6.38. The molecule has 1 aromatic carbocycles. The van der Waals surface area contributed by atoms with Crippen molar-refractivity contribution < 1.29 is 0 Å². The van der Waals surface area contributed by atoms with Crippen LogP contribution in [0.1, 0.15) is 30.5 Å². The number of benzene rings is 1. The Labute approximate surface area is 107 Å². The minimum Gasteiger partial charge on any atom is -0.324 e. The lowest BCUT2D eigenvalue weighted by Gasteiger charge is -2.24. The maximum absolute atomic E-state index is 6.34. The summed E-state index contributed by atoms with van der Waals surface area (Å²) in [6.07, 6.45) is 1.09. The highest BCUT2D eigenvalue weighted by atomic mass is 79.9. The summed E-state index contributed by atoms with van der Waals surface area (Å²) < 4.78 is 1.10. The van der Waals surface area contributed by atoms with E-state index in [4.69, 9.17) is 5.73 Å². The van der Waals surface area contributed by atoms with Gasteiger partial charge in [0.05, 0.1) is 0 Å². The third-order valence-electron chi connectivity index (χ3n) is 3.10. The summed E-state index contributed by atoms with van der Waals surface area (Å²) in [5.74, 6) is 0.484. The molecule has 3 N–H and O–H groups in total. The Bertz CT molecular complexity index is 339. The summed E-state index contributed by atoms with van der Waals surface area (Å²) in [6, 6.07) is 6.42. The van der Waals surface area contributed by atoms with Crippen LogP contribution in [0.5, 0.6) is 0 Å². The third-order valence-corrected chi connectivity index (χ3v) is 3.59. The average molecular weight is 285 g/mol. The van der Waals surface area contributed by atoms with Crippen LogP contribution in [0.3, 0.4) is 0 Å². The Kier molecular flexibility index (Phi) is 5.46. The Morgan fingerprint density at radius 3 is 2.69 bits per heavy atom. The first-order valence-electron chi connectivity index (χ1n) is 5.76. The predicted octanol–water partition coefficient (Wildman–Crippen LogP) is 3.00. The van der Waals surface area contributed by atoms with Crippen LogP contribution >= 0.6 is 15.9 Å². The molecule has 16 heavy (non-hydrogen) atoms. The van der Waals surface area contributed by atoms with Crippen molar-refractivity contribution in [2.75, 3.05) is 13.6 Å². The summed E-state index contributed by atoms with van der Waals surface area (Å²) in [5.41, 5.74) is 8.86. The van der Waals surface area contributed by atoms with Crippen LogP contribution in [0.2, 0.25) is 0 Å². The molecule has 0 aliphatic heterocycles. The van der Waals surface area contributed by atoms with Crippen LogP contribution in [-0.2, 0) is 0 Å². The van der Waals surface area contributed by atoms with E-state index in [1.165, 1.54) is 11.1 Å². The highest BCUT2D eigenvalue weighted by Gasteiger charge is 2.18. The first kappa shape index (κ1) is 13.7. The Hall–Kier alpha value is -0.380. The molecule has 3 heteroatoms. The molecule has 1 aromatic rings. The summed E-state index contributed by atoms with van der Waals surface area (Å²) in [5, 5.41) is 3.21. The minimum atomic E-state index is 0.106. The third kappa shape index (κ3) is 3.30. The van der Waals surface area contributed by atoms with Crippen molar-refractivity contribution in [3.8, 4) is 0 Å². The minimum absolute atomic E-state index is 0.106. The van der Waals surface area contributed by atoms with E-state index in [1.54, 1.807) is 0 Å². The molecule has 0 saturated heterocycles.